The summed E-state index contributed by atoms with van der Waals surface area (Å²) in [4.78, 5) is 11.9. The van der Waals surface area contributed by atoms with Gasteiger partial charge in [-0.25, -0.2) is 0 Å². The number of thioether (sulfide) groups is 1. The van der Waals surface area contributed by atoms with Gasteiger partial charge in [-0.05, 0) is 36.8 Å². The summed E-state index contributed by atoms with van der Waals surface area (Å²) in [5.41, 5.74) is 0.345. The predicted octanol–water partition coefficient (Wildman–Crippen LogP) is 2.45. The maximum Gasteiger partial charge on any atom is 0.257 e. The normalized spacial score (nSPS) is 23.7. The maximum atomic E-state index is 11.9. The lowest BCUT2D eigenvalue weighted by molar-refractivity contribution is -0.131. The van der Waals surface area contributed by atoms with E-state index in [0.717, 1.165) is 11.3 Å². The van der Waals surface area contributed by atoms with Crippen LogP contribution in [0.5, 0.6) is 0 Å². The van der Waals surface area contributed by atoms with Crippen molar-refractivity contribution in [2.75, 3.05) is 16.8 Å². The fourth-order valence-electron chi connectivity index (χ4n) is 1.65. The Bertz CT molecular complexity index is 444. The molecule has 0 aromatic heterocycles. The third-order valence-electron chi connectivity index (χ3n) is 2.85. The summed E-state index contributed by atoms with van der Waals surface area (Å²) in [5, 5.41) is 13.4. The standard InChI is InChI=1S/C12H14ClNO2S/c1-8-2-3-9(6-10(8)13)14-11(15)12(16)4-5-17-7-12/h2-3,6,16H,4-5,7H2,1H3,(H,14,15). The Morgan fingerprint density at radius 3 is 2.94 bits per heavy atom. The van der Waals surface area contributed by atoms with E-state index in [1.165, 1.54) is 0 Å². The molecule has 1 aliphatic rings. The molecule has 92 valence electrons. The van der Waals surface area contributed by atoms with Crippen molar-refractivity contribution < 1.29 is 9.90 Å². The summed E-state index contributed by atoms with van der Waals surface area (Å²) in [7, 11) is 0. The molecule has 0 spiro atoms. The molecule has 1 fully saturated rings. The highest BCUT2D eigenvalue weighted by atomic mass is 35.5. The smallest absolute Gasteiger partial charge is 0.257 e. The summed E-state index contributed by atoms with van der Waals surface area (Å²) < 4.78 is 0. The van der Waals surface area contributed by atoms with Gasteiger partial charge < -0.3 is 10.4 Å². The van der Waals surface area contributed by atoms with Crippen LogP contribution in [-0.4, -0.2) is 28.1 Å². The summed E-state index contributed by atoms with van der Waals surface area (Å²) in [6, 6.07) is 5.32. The zero-order chi connectivity index (χ0) is 12.5. The third kappa shape index (κ3) is 2.76. The molecule has 1 heterocycles. The van der Waals surface area contributed by atoms with Gasteiger partial charge in [0.15, 0.2) is 5.60 Å². The molecule has 3 nitrogen and oxygen atoms in total. The van der Waals surface area contributed by atoms with Crippen LogP contribution in [0.25, 0.3) is 0 Å². The van der Waals surface area contributed by atoms with Crippen LogP contribution in [0.4, 0.5) is 5.69 Å². The van der Waals surface area contributed by atoms with E-state index in [9.17, 15) is 9.90 Å². The first kappa shape index (κ1) is 12.7. The minimum absolute atomic E-state index is 0.345. The Morgan fingerprint density at radius 2 is 2.35 bits per heavy atom. The third-order valence-corrected chi connectivity index (χ3v) is 4.43. The van der Waals surface area contributed by atoms with Crippen LogP contribution < -0.4 is 5.32 Å². The summed E-state index contributed by atoms with van der Waals surface area (Å²) >= 11 is 7.56. The lowest BCUT2D eigenvalue weighted by Crippen LogP contribution is -2.42. The van der Waals surface area contributed by atoms with Crippen LogP contribution in [0.15, 0.2) is 18.2 Å². The molecule has 0 radical (unpaired) electrons. The van der Waals surface area contributed by atoms with Crippen molar-refractivity contribution in [2.45, 2.75) is 18.9 Å². The van der Waals surface area contributed by atoms with Crippen molar-refractivity contribution >= 4 is 35.0 Å². The van der Waals surface area contributed by atoms with Crippen LogP contribution >= 0.6 is 23.4 Å². The number of halogens is 1. The number of aryl methyl sites for hydroxylation is 1. The quantitative estimate of drug-likeness (QED) is 0.869. The van der Waals surface area contributed by atoms with Gasteiger partial charge in [0.1, 0.15) is 0 Å². The van der Waals surface area contributed by atoms with E-state index < -0.39 is 5.60 Å². The van der Waals surface area contributed by atoms with Crippen molar-refractivity contribution in [2.24, 2.45) is 0 Å². The number of benzene rings is 1. The number of aliphatic hydroxyl groups is 1. The van der Waals surface area contributed by atoms with Gasteiger partial charge in [0, 0.05) is 16.5 Å². The van der Waals surface area contributed by atoms with E-state index >= 15 is 0 Å². The van der Waals surface area contributed by atoms with Gasteiger partial charge in [-0.2, -0.15) is 11.8 Å². The number of amides is 1. The summed E-state index contributed by atoms with van der Waals surface area (Å²) in [6.07, 6.45) is 0.503. The zero-order valence-corrected chi connectivity index (χ0v) is 11.1. The first-order valence-electron chi connectivity index (χ1n) is 5.39. The average Bonchev–Trinajstić information content (AvgIpc) is 2.72. The SMILES string of the molecule is Cc1ccc(NC(=O)C2(O)CCSC2)cc1Cl. The van der Waals surface area contributed by atoms with E-state index in [1.54, 1.807) is 23.9 Å². The fourth-order valence-corrected chi connectivity index (χ4v) is 3.07. The largest absolute Gasteiger partial charge is 0.379 e. The van der Waals surface area contributed by atoms with Gasteiger partial charge >= 0.3 is 0 Å². The first-order valence-corrected chi connectivity index (χ1v) is 6.92. The van der Waals surface area contributed by atoms with E-state index in [-0.39, 0.29) is 5.91 Å². The highest BCUT2D eigenvalue weighted by Gasteiger charge is 2.39. The summed E-state index contributed by atoms with van der Waals surface area (Å²) in [6.45, 7) is 1.90. The summed E-state index contributed by atoms with van der Waals surface area (Å²) in [5.74, 6) is 0.930. The molecule has 2 N–H and O–H groups in total. The van der Waals surface area contributed by atoms with E-state index in [1.807, 2.05) is 13.0 Å². The number of carbonyl (C=O) groups is 1. The second-order valence-electron chi connectivity index (χ2n) is 4.25. The molecule has 0 saturated carbocycles. The Balaban J connectivity index is 2.10. The molecule has 1 aromatic rings. The Kier molecular flexibility index (Phi) is 3.66. The molecule has 1 aromatic carbocycles. The number of carbonyl (C=O) groups excluding carboxylic acids is 1. The van der Waals surface area contributed by atoms with Gasteiger partial charge in [0.25, 0.3) is 5.91 Å². The van der Waals surface area contributed by atoms with E-state index in [4.69, 9.17) is 11.6 Å². The van der Waals surface area contributed by atoms with Gasteiger partial charge in [-0.3, -0.25) is 4.79 Å². The Labute approximate surface area is 110 Å². The number of rotatable bonds is 2. The van der Waals surface area contributed by atoms with Crippen molar-refractivity contribution in [1.29, 1.82) is 0 Å². The Morgan fingerprint density at radius 1 is 1.59 bits per heavy atom. The minimum atomic E-state index is -1.23. The van der Waals surface area contributed by atoms with Crippen LogP contribution in [0.1, 0.15) is 12.0 Å². The van der Waals surface area contributed by atoms with Crippen molar-refractivity contribution in [3.05, 3.63) is 28.8 Å². The number of hydrogen-bond donors (Lipinski definition) is 2. The second-order valence-corrected chi connectivity index (χ2v) is 5.76. The average molecular weight is 272 g/mol. The van der Waals surface area contributed by atoms with Crippen LogP contribution in [0, 0.1) is 6.92 Å². The second kappa shape index (κ2) is 4.88. The fraction of sp³-hybridized carbons (Fsp3) is 0.417. The topological polar surface area (TPSA) is 49.3 Å². The zero-order valence-electron chi connectivity index (χ0n) is 9.50. The molecular weight excluding hydrogens is 258 g/mol. The number of anilines is 1. The number of nitrogens with one attached hydrogen (secondary N) is 1. The van der Waals surface area contributed by atoms with Gasteiger partial charge in [0.05, 0.1) is 0 Å². The lowest BCUT2D eigenvalue weighted by atomic mass is 10.0. The highest BCUT2D eigenvalue weighted by Crippen LogP contribution is 2.29. The molecule has 1 aliphatic heterocycles. The first-order chi connectivity index (χ1) is 8.01. The Hall–Kier alpha value is -0.710. The van der Waals surface area contributed by atoms with Crippen LogP contribution in [0.3, 0.4) is 0 Å². The van der Waals surface area contributed by atoms with Gasteiger partial charge in [-0.15, -0.1) is 0 Å². The van der Waals surface area contributed by atoms with E-state index in [0.29, 0.717) is 22.9 Å². The lowest BCUT2D eigenvalue weighted by Gasteiger charge is -2.20. The molecule has 1 atom stereocenters. The van der Waals surface area contributed by atoms with Gasteiger partial charge in [-0.1, -0.05) is 17.7 Å². The minimum Gasteiger partial charge on any atom is -0.379 e. The van der Waals surface area contributed by atoms with Gasteiger partial charge in [0.2, 0.25) is 0 Å². The molecule has 5 heteroatoms. The monoisotopic (exact) mass is 271 g/mol. The highest BCUT2D eigenvalue weighted by molar-refractivity contribution is 7.99. The molecule has 17 heavy (non-hydrogen) atoms. The molecule has 1 saturated heterocycles. The van der Waals surface area contributed by atoms with Crippen LogP contribution in [0.2, 0.25) is 5.02 Å². The van der Waals surface area contributed by atoms with Crippen LogP contribution in [-0.2, 0) is 4.79 Å². The van der Waals surface area contributed by atoms with E-state index in [2.05, 4.69) is 5.32 Å². The van der Waals surface area contributed by atoms with Crippen molar-refractivity contribution in [3.63, 3.8) is 0 Å². The maximum absolute atomic E-state index is 11.9. The molecule has 0 bridgehead atoms. The predicted molar refractivity (Wildman–Crippen MR) is 71.7 cm³/mol. The molecule has 0 aliphatic carbocycles. The van der Waals surface area contributed by atoms with Crippen molar-refractivity contribution in [3.8, 4) is 0 Å². The molecule has 1 unspecified atom stereocenters. The molecule has 2 rings (SSSR count). The molecular formula is C12H14ClNO2S. The van der Waals surface area contributed by atoms with Crippen molar-refractivity contribution in [1.82, 2.24) is 0 Å². The molecule has 1 amide bonds. The number of hydrogen-bond acceptors (Lipinski definition) is 3.